The van der Waals surface area contributed by atoms with Gasteiger partial charge in [-0.2, -0.15) is 0 Å². The zero-order chi connectivity index (χ0) is 8.58. The Hall–Kier alpha value is 0.785. The Morgan fingerprint density at radius 1 is 1.30 bits per heavy atom. The number of rotatable bonds is 2. The summed E-state index contributed by atoms with van der Waals surface area (Å²) in [6.45, 7) is 3.30. The van der Waals surface area contributed by atoms with E-state index in [0.29, 0.717) is 0 Å². The van der Waals surface area contributed by atoms with Crippen LogP contribution < -0.4 is 0 Å². The predicted molar refractivity (Wildman–Crippen MR) is 50.5 cm³/mol. The van der Waals surface area contributed by atoms with E-state index < -0.39 is 10.7 Å². The lowest BCUT2D eigenvalue weighted by atomic mass is 9.89. The Balaban J connectivity index is 4.40. The molecular weight excluding hydrogens is 171 g/mol. The van der Waals surface area contributed by atoms with Crippen LogP contribution in [0.1, 0.15) is 13.8 Å². The first-order chi connectivity index (χ1) is 4.19. The Labute approximate surface area is 66.3 Å². The summed E-state index contributed by atoms with van der Waals surface area (Å²) in [6, 6.07) is 0. The van der Waals surface area contributed by atoms with Crippen LogP contribution in [0.4, 0.5) is 8.78 Å². The number of halogens is 2. The van der Waals surface area contributed by atoms with E-state index in [1.165, 1.54) is 7.85 Å². The molecule has 4 unspecified atom stereocenters. The van der Waals surface area contributed by atoms with Crippen LogP contribution in [0.5, 0.6) is 0 Å². The Morgan fingerprint density at radius 2 is 1.60 bits per heavy atom. The summed E-state index contributed by atoms with van der Waals surface area (Å²) in [7, 11) is 4.99. The van der Waals surface area contributed by atoms with Gasteiger partial charge >= 0.3 is 0 Å². The van der Waals surface area contributed by atoms with Crippen molar-refractivity contribution < 1.29 is 8.78 Å². The number of hydrogen-bond donors (Lipinski definition) is 0. The van der Waals surface area contributed by atoms with E-state index in [1.54, 1.807) is 13.8 Å². The lowest BCUT2D eigenvalue weighted by Crippen LogP contribution is -2.41. The van der Waals surface area contributed by atoms with Gasteiger partial charge < -0.3 is 0 Å². The quantitative estimate of drug-likeness (QED) is 0.448. The van der Waals surface area contributed by atoms with Crippen molar-refractivity contribution in [2.45, 2.75) is 24.6 Å². The van der Waals surface area contributed by atoms with E-state index in [1.807, 2.05) is 18.5 Å². The van der Waals surface area contributed by atoms with Gasteiger partial charge in [-0.3, -0.25) is 0 Å². The fraction of sp³-hybridized carbons (Fsp3) is 1.00. The lowest BCUT2D eigenvalue weighted by molar-refractivity contribution is 0.118. The largest absolute Gasteiger partial charge is 0.246 e. The highest BCUT2D eigenvalue weighted by Gasteiger charge is 2.44. The van der Waals surface area contributed by atoms with Crippen molar-refractivity contribution in [3.63, 3.8) is 0 Å². The fourth-order valence-electron chi connectivity index (χ4n) is 0.564. The monoisotopic (exact) mass is 184 g/mol. The molecule has 0 saturated carbocycles. The summed E-state index contributed by atoms with van der Waals surface area (Å²) in [5.41, 5.74) is 0. The van der Waals surface area contributed by atoms with E-state index in [-0.39, 0.29) is 5.92 Å². The second kappa shape index (κ2) is 3.03. The van der Waals surface area contributed by atoms with Crippen molar-refractivity contribution in [2.75, 3.05) is 0 Å². The van der Waals surface area contributed by atoms with Gasteiger partial charge in [0.05, 0.1) is 0 Å². The van der Waals surface area contributed by atoms with Crippen LogP contribution in [0.3, 0.4) is 0 Å². The van der Waals surface area contributed by atoms with Gasteiger partial charge in [-0.25, -0.2) is 8.78 Å². The van der Waals surface area contributed by atoms with Crippen molar-refractivity contribution in [3.05, 3.63) is 0 Å². The molecule has 10 heavy (non-hydrogen) atoms. The van der Waals surface area contributed by atoms with Gasteiger partial charge in [0, 0.05) is 0 Å². The van der Waals surface area contributed by atoms with E-state index in [4.69, 9.17) is 0 Å². The number of alkyl halides is 2. The molecule has 0 aliphatic heterocycles. The fourth-order valence-corrected chi connectivity index (χ4v) is 0.898. The molecule has 0 radical (unpaired) electrons. The topological polar surface area (TPSA) is 0 Å². The van der Waals surface area contributed by atoms with Crippen LogP contribution in [0, 0.1) is 5.92 Å². The van der Waals surface area contributed by atoms with Crippen molar-refractivity contribution in [1.82, 2.24) is 0 Å². The zero-order valence-electron chi connectivity index (χ0n) is 6.49. The molecule has 0 aromatic carbocycles. The third kappa shape index (κ3) is 2.14. The minimum Gasteiger partial charge on any atom is -0.246 e. The Kier molecular flexibility index (Phi) is 3.27. The van der Waals surface area contributed by atoms with Gasteiger partial charge in [0.2, 0.25) is 0 Å². The van der Waals surface area contributed by atoms with E-state index in [9.17, 15) is 8.78 Å². The van der Waals surface area contributed by atoms with E-state index in [2.05, 4.69) is 0 Å². The first-order valence-corrected chi connectivity index (χ1v) is 4.30. The molecule has 0 aliphatic carbocycles. The van der Waals surface area contributed by atoms with Gasteiger partial charge in [0.1, 0.15) is 5.31 Å². The lowest BCUT2D eigenvalue weighted by Gasteiger charge is -2.34. The normalized spacial score (nSPS) is 23.9. The van der Waals surface area contributed by atoms with Crippen molar-refractivity contribution in [3.8, 4) is 0 Å². The second-order valence-corrected chi connectivity index (χ2v) is 4.92. The molecular formula is C5H13BF2P2. The van der Waals surface area contributed by atoms with Gasteiger partial charge in [-0.1, -0.05) is 23.1 Å². The molecule has 0 heterocycles. The van der Waals surface area contributed by atoms with Crippen LogP contribution in [-0.4, -0.2) is 18.6 Å². The molecule has 0 amide bonds. The third-order valence-electron chi connectivity index (χ3n) is 1.59. The first-order valence-electron chi connectivity index (χ1n) is 3.15. The molecule has 0 rings (SSSR count). The summed E-state index contributed by atoms with van der Waals surface area (Å²) >= 11 is 0. The minimum atomic E-state index is -1.87. The average Bonchev–Trinajstić information content (AvgIpc) is 1.62. The summed E-state index contributed by atoms with van der Waals surface area (Å²) in [4.78, 5) is 0. The summed E-state index contributed by atoms with van der Waals surface area (Å²) < 4.78 is 26.3. The highest BCUT2D eigenvalue weighted by Crippen LogP contribution is 2.44. The Bertz CT molecular complexity index is 119. The second-order valence-electron chi connectivity index (χ2n) is 3.00. The minimum absolute atomic E-state index is 0.343. The highest BCUT2D eigenvalue weighted by atomic mass is 31.0. The van der Waals surface area contributed by atoms with Gasteiger partial charge in [0.25, 0.3) is 0 Å². The molecule has 0 bridgehead atoms. The molecule has 60 valence electrons. The van der Waals surface area contributed by atoms with Crippen LogP contribution >= 0.6 is 18.5 Å². The van der Waals surface area contributed by atoms with Crippen LogP contribution in [0.25, 0.3) is 0 Å². The zero-order valence-corrected chi connectivity index (χ0v) is 8.80. The average molecular weight is 184 g/mol. The van der Waals surface area contributed by atoms with Gasteiger partial charge in [-0.15, -0.1) is 9.24 Å². The van der Waals surface area contributed by atoms with Crippen molar-refractivity contribution in [2.24, 2.45) is 5.92 Å². The molecule has 0 N–H and O–H groups in total. The number of hydrogen-bond acceptors (Lipinski definition) is 0. The van der Waals surface area contributed by atoms with Crippen LogP contribution in [0.15, 0.2) is 0 Å². The molecule has 4 atom stereocenters. The van der Waals surface area contributed by atoms with Gasteiger partial charge in [-0.05, 0) is 5.92 Å². The molecule has 0 saturated heterocycles. The first kappa shape index (κ1) is 10.8. The van der Waals surface area contributed by atoms with Crippen molar-refractivity contribution in [1.29, 1.82) is 0 Å². The van der Waals surface area contributed by atoms with Crippen LogP contribution in [0.2, 0.25) is 0 Å². The molecule has 0 aromatic rings. The standard InChI is InChI=1S/C5H13BF2P2/c1-3(2)4(7,9)5(6,8)10/h3H,6,9-10H2,1-2H3. The molecule has 0 fully saturated rings. The van der Waals surface area contributed by atoms with Crippen LogP contribution in [-0.2, 0) is 0 Å². The highest BCUT2D eigenvalue weighted by molar-refractivity contribution is 7.27. The van der Waals surface area contributed by atoms with Crippen molar-refractivity contribution >= 4 is 26.3 Å². The maximum Gasteiger partial charge on any atom is 0.160 e. The smallest absolute Gasteiger partial charge is 0.160 e. The summed E-state index contributed by atoms with van der Waals surface area (Å²) in [5.74, 6) is -0.343. The molecule has 0 aliphatic rings. The Morgan fingerprint density at radius 3 is 1.60 bits per heavy atom. The van der Waals surface area contributed by atoms with E-state index >= 15 is 0 Å². The summed E-state index contributed by atoms with van der Waals surface area (Å²) in [6.07, 6.45) is 0. The molecule has 0 spiro atoms. The predicted octanol–water partition coefficient (Wildman–Crippen LogP) is 1.31. The molecule has 0 aromatic heterocycles. The molecule has 0 nitrogen and oxygen atoms in total. The molecule has 5 heteroatoms. The maximum absolute atomic E-state index is 13.3. The SMILES string of the molecule is BC(F)(P)C(F)(P)C(C)C. The maximum atomic E-state index is 13.3. The van der Waals surface area contributed by atoms with E-state index in [0.717, 1.165) is 0 Å². The summed E-state index contributed by atoms with van der Waals surface area (Å²) in [5, 5.41) is -3.72. The van der Waals surface area contributed by atoms with Gasteiger partial charge in [0.15, 0.2) is 13.3 Å². The third-order valence-corrected chi connectivity index (χ3v) is 3.60.